The van der Waals surface area contributed by atoms with Gasteiger partial charge >= 0.3 is 6.09 Å². The minimum absolute atomic E-state index is 0.229. The number of morpholine rings is 1. The zero-order valence-corrected chi connectivity index (χ0v) is 15.0. The molecule has 0 bridgehead atoms. The molecule has 1 fully saturated rings. The van der Waals surface area contributed by atoms with Gasteiger partial charge in [-0.05, 0) is 23.3 Å². The van der Waals surface area contributed by atoms with Crippen molar-refractivity contribution >= 4 is 6.09 Å². The molecule has 0 spiro atoms. The van der Waals surface area contributed by atoms with E-state index < -0.39 is 0 Å². The van der Waals surface area contributed by atoms with Gasteiger partial charge in [-0.3, -0.25) is 0 Å². The summed E-state index contributed by atoms with van der Waals surface area (Å²) in [6.07, 6.45) is -0.560. The molecule has 138 valence electrons. The number of amides is 1. The van der Waals surface area contributed by atoms with E-state index in [0.29, 0.717) is 31.2 Å². The zero-order valence-electron chi connectivity index (χ0n) is 15.0. The normalized spacial score (nSPS) is 16.8. The van der Waals surface area contributed by atoms with E-state index in [0.717, 1.165) is 11.1 Å². The van der Waals surface area contributed by atoms with E-state index in [4.69, 9.17) is 18.9 Å². The van der Waals surface area contributed by atoms with Gasteiger partial charge in [-0.2, -0.15) is 0 Å². The van der Waals surface area contributed by atoms with Crippen LogP contribution in [0.3, 0.4) is 0 Å². The zero-order chi connectivity index (χ0) is 18.4. The Kier molecular flexibility index (Phi) is 5.96. The predicted octanol–water partition coefficient (Wildman–Crippen LogP) is 3.41. The average Bonchev–Trinajstić information content (AvgIpc) is 2.72. The van der Waals surface area contributed by atoms with Crippen molar-refractivity contribution in [3.05, 3.63) is 59.7 Å². The number of carbonyl (C=O) groups excluding carboxylic acids is 1. The first-order chi connectivity index (χ1) is 12.7. The molecule has 0 aliphatic carbocycles. The van der Waals surface area contributed by atoms with Crippen LogP contribution in [0, 0.1) is 0 Å². The highest BCUT2D eigenvalue weighted by atomic mass is 16.6. The van der Waals surface area contributed by atoms with E-state index in [2.05, 4.69) is 0 Å². The highest BCUT2D eigenvalue weighted by Crippen LogP contribution is 2.32. The molecule has 1 heterocycles. The summed E-state index contributed by atoms with van der Waals surface area (Å²) in [6, 6.07) is 15.3. The summed E-state index contributed by atoms with van der Waals surface area (Å²) in [4.78, 5) is 14.0. The molecule has 1 atom stereocenters. The topological polar surface area (TPSA) is 57.2 Å². The van der Waals surface area contributed by atoms with Crippen molar-refractivity contribution in [2.75, 3.05) is 33.9 Å². The number of carbonyl (C=O) groups is 1. The Labute approximate surface area is 153 Å². The second-order valence-corrected chi connectivity index (χ2v) is 5.96. The molecule has 1 unspecified atom stereocenters. The van der Waals surface area contributed by atoms with Crippen molar-refractivity contribution in [3.8, 4) is 11.5 Å². The Morgan fingerprint density at radius 2 is 1.88 bits per heavy atom. The van der Waals surface area contributed by atoms with Crippen LogP contribution in [0.4, 0.5) is 4.79 Å². The lowest BCUT2D eigenvalue weighted by atomic mass is 10.1. The molecule has 3 rings (SSSR count). The number of hydrogen-bond donors (Lipinski definition) is 0. The Morgan fingerprint density at radius 1 is 1.12 bits per heavy atom. The van der Waals surface area contributed by atoms with E-state index in [1.807, 2.05) is 48.5 Å². The molecular weight excluding hydrogens is 334 g/mol. The summed E-state index contributed by atoms with van der Waals surface area (Å²) in [5, 5.41) is 0. The lowest BCUT2D eigenvalue weighted by molar-refractivity contribution is -0.0296. The van der Waals surface area contributed by atoms with Crippen molar-refractivity contribution in [1.29, 1.82) is 0 Å². The van der Waals surface area contributed by atoms with Gasteiger partial charge in [-0.25, -0.2) is 4.79 Å². The molecule has 1 aliphatic heterocycles. The maximum absolute atomic E-state index is 12.4. The lowest BCUT2D eigenvalue weighted by Gasteiger charge is -2.32. The van der Waals surface area contributed by atoms with E-state index in [9.17, 15) is 4.79 Å². The van der Waals surface area contributed by atoms with Crippen LogP contribution in [0.25, 0.3) is 0 Å². The average molecular weight is 357 g/mol. The van der Waals surface area contributed by atoms with Crippen LogP contribution in [0.5, 0.6) is 11.5 Å². The number of benzene rings is 2. The van der Waals surface area contributed by atoms with Crippen molar-refractivity contribution < 1.29 is 23.7 Å². The van der Waals surface area contributed by atoms with Crippen LogP contribution in [0.15, 0.2) is 48.5 Å². The fraction of sp³-hybridized carbons (Fsp3) is 0.350. The number of methoxy groups -OCH3 is 2. The van der Waals surface area contributed by atoms with Crippen LogP contribution >= 0.6 is 0 Å². The van der Waals surface area contributed by atoms with Gasteiger partial charge in [0.05, 0.1) is 27.4 Å². The largest absolute Gasteiger partial charge is 0.493 e. The maximum Gasteiger partial charge on any atom is 0.410 e. The number of hydrogen-bond acceptors (Lipinski definition) is 5. The van der Waals surface area contributed by atoms with E-state index >= 15 is 0 Å². The highest BCUT2D eigenvalue weighted by Gasteiger charge is 2.27. The van der Waals surface area contributed by atoms with Crippen LogP contribution in [-0.4, -0.2) is 44.9 Å². The second-order valence-electron chi connectivity index (χ2n) is 5.96. The van der Waals surface area contributed by atoms with E-state index in [1.165, 1.54) is 0 Å². The Morgan fingerprint density at radius 3 is 2.62 bits per heavy atom. The third kappa shape index (κ3) is 4.26. The third-order valence-corrected chi connectivity index (χ3v) is 4.31. The molecule has 6 heteroatoms. The summed E-state index contributed by atoms with van der Waals surface area (Å²) in [5.41, 5.74) is 1.90. The lowest BCUT2D eigenvalue weighted by Crippen LogP contribution is -2.42. The standard InChI is InChI=1S/C20H23NO5/c1-23-17-9-8-16(12-18(17)24-2)19-13-21(10-11-25-19)20(22)26-14-15-6-4-3-5-7-15/h3-9,12,19H,10-11,13-14H2,1-2H3. The minimum Gasteiger partial charge on any atom is -0.493 e. The van der Waals surface area contributed by atoms with Crippen LogP contribution in [0.2, 0.25) is 0 Å². The number of ether oxygens (including phenoxy) is 4. The van der Waals surface area contributed by atoms with Crippen molar-refractivity contribution in [1.82, 2.24) is 4.90 Å². The summed E-state index contributed by atoms with van der Waals surface area (Å²) >= 11 is 0. The van der Waals surface area contributed by atoms with Crippen LogP contribution in [-0.2, 0) is 16.1 Å². The third-order valence-electron chi connectivity index (χ3n) is 4.31. The Bertz CT molecular complexity index is 734. The van der Waals surface area contributed by atoms with Gasteiger partial charge in [-0.15, -0.1) is 0 Å². The maximum atomic E-state index is 12.4. The molecule has 0 N–H and O–H groups in total. The number of rotatable bonds is 5. The molecule has 0 radical (unpaired) electrons. The van der Waals surface area contributed by atoms with Gasteiger partial charge in [0.15, 0.2) is 11.5 Å². The van der Waals surface area contributed by atoms with Gasteiger partial charge in [-0.1, -0.05) is 36.4 Å². The van der Waals surface area contributed by atoms with Crippen molar-refractivity contribution in [3.63, 3.8) is 0 Å². The monoisotopic (exact) mass is 357 g/mol. The smallest absolute Gasteiger partial charge is 0.410 e. The molecular formula is C20H23NO5. The van der Waals surface area contributed by atoms with Crippen molar-refractivity contribution in [2.24, 2.45) is 0 Å². The summed E-state index contributed by atoms with van der Waals surface area (Å²) < 4.78 is 21.9. The first-order valence-corrected chi connectivity index (χ1v) is 8.50. The molecule has 2 aromatic rings. The molecule has 6 nitrogen and oxygen atoms in total. The molecule has 2 aromatic carbocycles. The Balaban J connectivity index is 1.62. The molecule has 1 saturated heterocycles. The molecule has 0 saturated carbocycles. The van der Waals surface area contributed by atoms with Gasteiger partial charge in [0.2, 0.25) is 0 Å². The van der Waals surface area contributed by atoms with E-state index in [1.54, 1.807) is 19.1 Å². The highest BCUT2D eigenvalue weighted by molar-refractivity contribution is 5.67. The second kappa shape index (κ2) is 8.58. The first-order valence-electron chi connectivity index (χ1n) is 8.50. The van der Waals surface area contributed by atoms with Crippen molar-refractivity contribution in [2.45, 2.75) is 12.7 Å². The minimum atomic E-state index is -0.331. The summed E-state index contributed by atoms with van der Waals surface area (Å²) in [5.74, 6) is 1.29. The fourth-order valence-corrected chi connectivity index (χ4v) is 2.88. The fourth-order valence-electron chi connectivity index (χ4n) is 2.88. The molecule has 1 amide bonds. The van der Waals surface area contributed by atoms with Gasteiger partial charge in [0.25, 0.3) is 0 Å². The number of nitrogens with zero attached hydrogens (tertiary/aromatic N) is 1. The summed E-state index contributed by atoms with van der Waals surface area (Å²) in [6.45, 7) is 1.66. The molecule has 1 aliphatic rings. The first kappa shape index (κ1) is 18.1. The SMILES string of the molecule is COc1ccc(C2CN(C(=O)OCc3ccccc3)CCO2)cc1OC. The molecule has 0 aromatic heterocycles. The van der Waals surface area contributed by atoms with Gasteiger partial charge in [0.1, 0.15) is 12.7 Å². The van der Waals surface area contributed by atoms with Crippen LogP contribution < -0.4 is 9.47 Å². The molecule has 26 heavy (non-hydrogen) atoms. The summed E-state index contributed by atoms with van der Waals surface area (Å²) in [7, 11) is 3.19. The predicted molar refractivity (Wildman–Crippen MR) is 96.4 cm³/mol. The Hall–Kier alpha value is -2.73. The van der Waals surface area contributed by atoms with Crippen LogP contribution in [0.1, 0.15) is 17.2 Å². The van der Waals surface area contributed by atoms with Gasteiger partial charge < -0.3 is 23.8 Å². The van der Waals surface area contributed by atoms with E-state index in [-0.39, 0.29) is 18.8 Å². The van der Waals surface area contributed by atoms with Gasteiger partial charge in [0, 0.05) is 6.54 Å². The quantitative estimate of drug-likeness (QED) is 0.821.